The topological polar surface area (TPSA) is 129 Å². The van der Waals surface area contributed by atoms with Gasteiger partial charge in [-0.1, -0.05) is 5.16 Å². The van der Waals surface area contributed by atoms with Crippen LogP contribution in [-0.2, 0) is 11.2 Å². The van der Waals surface area contributed by atoms with Gasteiger partial charge in [0.2, 0.25) is 5.89 Å². The molecule has 0 bridgehead atoms. The molecular formula is C11H16N4O5. The molecule has 110 valence electrons. The first-order valence-corrected chi connectivity index (χ1v) is 6.22. The Kier molecular flexibility index (Phi) is 4.18. The van der Waals surface area contributed by atoms with Crippen molar-refractivity contribution in [2.24, 2.45) is 0 Å². The number of carbonyl (C=O) groups is 2. The van der Waals surface area contributed by atoms with Crippen molar-refractivity contribution in [1.82, 2.24) is 20.4 Å². The Hall–Kier alpha value is -2.16. The van der Waals surface area contributed by atoms with Crippen molar-refractivity contribution in [2.45, 2.75) is 31.9 Å². The number of nitrogens with zero attached hydrogens (tertiary/aromatic N) is 3. The molecule has 0 radical (unpaired) electrons. The Morgan fingerprint density at radius 3 is 2.90 bits per heavy atom. The highest BCUT2D eigenvalue weighted by Crippen LogP contribution is 2.17. The van der Waals surface area contributed by atoms with Crippen LogP contribution in [0, 0.1) is 6.92 Å². The third-order valence-corrected chi connectivity index (χ3v) is 3.02. The van der Waals surface area contributed by atoms with Crippen LogP contribution in [0.5, 0.6) is 0 Å². The van der Waals surface area contributed by atoms with Gasteiger partial charge in [-0.15, -0.1) is 0 Å². The Morgan fingerprint density at radius 1 is 1.55 bits per heavy atom. The number of β-amino-alcohol motifs (C(OH)–C–C–N with tert-alkyl or cyclic N) is 1. The number of likely N-dealkylation sites (tertiary alicyclic amines) is 1. The number of hydrogen-bond donors (Lipinski definition) is 3. The number of amides is 2. The van der Waals surface area contributed by atoms with Gasteiger partial charge in [0, 0.05) is 32.9 Å². The van der Waals surface area contributed by atoms with Gasteiger partial charge in [-0.2, -0.15) is 4.98 Å². The lowest BCUT2D eigenvalue weighted by atomic mass is 10.2. The van der Waals surface area contributed by atoms with Crippen molar-refractivity contribution in [3.05, 3.63) is 11.7 Å². The van der Waals surface area contributed by atoms with Crippen LogP contribution >= 0.6 is 0 Å². The standard InChI is InChI=1S/C11H16N4O5/c1-6-13-9(14-20-6)2-3-12-11(19)15-5-7(16)4-8(15)10(17)18/h7-8,16H,2-5H2,1H3,(H,12,19)(H,17,18). The maximum absolute atomic E-state index is 11.9. The maximum atomic E-state index is 11.9. The van der Waals surface area contributed by atoms with E-state index in [2.05, 4.69) is 15.5 Å². The molecule has 9 heteroatoms. The fourth-order valence-corrected chi connectivity index (χ4v) is 2.10. The molecule has 1 saturated heterocycles. The third-order valence-electron chi connectivity index (χ3n) is 3.02. The first-order chi connectivity index (χ1) is 9.47. The Balaban J connectivity index is 1.83. The number of nitrogens with one attached hydrogen (secondary N) is 1. The van der Waals surface area contributed by atoms with Gasteiger partial charge in [-0.05, 0) is 0 Å². The van der Waals surface area contributed by atoms with E-state index in [1.165, 1.54) is 0 Å². The molecule has 2 atom stereocenters. The molecule has 0 aliphatic carbocycles. The van der Waals surface area contributed by atoms with Crippen LogP contribution in [0.1, 0.15) is 18.1 Å². The Labute approximate surface area is 114 Å². The van der Waals surface area contributed by atoms with Crippen molar-refractivity contribution >= 4 is 12.0 Å². The molecule has 3 N–H and O–H groups in total. The molecule has 0 spiro atoms. The highest BCUT2D eigenvalue weighted by atomic mass is 16.5. The van der Waals surface area contributed by atoms with Crippen molar-refractivity contribution < 1.29 is 24.3 Å². The highest BCUT2D eigenvalue weighted by Gasteiger charge is 2.38. The average Bonchev–Trinajstić information content (AvgIpc) is 2.95. The first kappa shape index (κ1) is 14.3. The van der Waals surface area contributed by atoms with E-state index in [4.69, 9.17) is 9.63 Å². The van der Waals surface area contributed by atoms with Gasteiger partial charge in [0.1, 0.15) is 6.04 Å². The number of aliphatic carboxylic acids is 1. The van der Waals surface area contributed by atoms with E-state index < -0.39 is 24.1 Å². The van der Waals surface area contributed by atoms with E-state index in [1.54, 1.807) is 6.92 Å². The van der Waals surface area contributed by atoms with Crippen LogP contribution in [0.3, 0.4) is 0 Å². The minimum atomic E-state index is -1.12. The molecule has 0 aromatic carbocycles. The van der Waals surface area contributed by atoms with Crippen molar-refractivity contribution in [3.8, 4) is 0 Å². The number of aryl methyl sites for hydroxylation is 1. The largest absolute Gasteiger partial charge is 0.480 e. The SMILES string of the molecule is Cc1nc(CCNC(=O)N2CC(O)CC2C(=O)O)no1. The molecule has 2 rings (SSSR count). The molecule has 0 saturated carbocycles. The predicted octanol–water partition coefficient (Wildman–Crippen LogP) is -0.850. The smallest absolute Gasteiger partial charge is 0.326 e. The summed E-state index contributed by atoms with van der Waals surface area (Å²) in [5.74, 6) is -0.204. The van der Waals surface area contributed by atoms with Crippen LogP contribution in [0.2, 0.25) is 0 Å². The van der Waals surface area contributed by atoms with E-state index >= 15 is 0 Å². The molecule has 20 heavy (non-hydrogen) atoms. The molecule has 1 aliphatic heterocycles. The van der Waals surface area contributed by atoms with Crippen molar-refractivity contribution in [3.63, 3.8) is 0 Å². The van der Waals surface area contributed by atoms with Crippen LogP contribution in [0.25, 0.3) is 0 Å². The lowest BCUT2D eigenvalue weighted by Gasteiger charge is -2.21. The van der Waals surface area contributed by atoms with E-state index in [0.717, 1.165) is 4.90 Å². The summed E-state index contributed by atoms with van der Waals surface area (Å²) >= 11 is 0. The molecule has 1 aromatic rings. The first-order valence-electron chi connectivity index (χ1n) is 6.22. The summed E-state index contributed by atoms with van der Waals surface area (Å²) < 4.78 is 4.79. The van der Waals surface area contributed by atoms with Gasteiger partial charge in [0.15, 0.2) is 5.82 Å². The van der Waals surface area contributed by atoms with Gasteiger partial charge in [0.25, 0.3) is 0 Å². The predicted molar refractivity (Wildman–Crippen MR) is 64.9 cm³/mol. The fraction of sp³-hybridized carbons (Fsp3) is 0.636. The number of aliphatic hydroxyl groups excluding tert-OH is 1. The van der Waals surface area contributed by atoms with Crippen LogP contribution in [0.4, 0.5) is 4.79 Å². The minimum Gasteiger partial charge on any atom is -0.480 e. The number of hydrogen-bond acceptors (Lipinski definition) is 6. The second-order valence-electron chi connectivity index (χ2n) is 4.61. The monoisotopic (exact) mass is 284 g/mol. The number of urea groups is 1. The summed E-state index contributed by atoms with van der Waals surface area (Å²) in [6.45, 7) is 1.94. The molecule has 2 unspecified atom stereocenters. The zero-order valence-electron chi connectivity index (χ0n) is 10.9. The van der Waals surface area contributed by atoms with Crippen LogP contribution < -0.4 is 5.32 Å². The second-order valence-corrected chi connectivity index (χ2v) is 4.61. The van der Waals surface area contributed by atoms with E-state index in [1.807, 2.05) is 0 Å². The van der Waals surface area contributed by atoms with Crippen molar-refractivity contribution in [2.75, 3.05) is 13.1 Å². The van der Waals surface area contributed by atoms with E-state index in [9.17, 15) is 14.7 Å². The lowest BCUT2D eigenvalue weighted by Crippen LogP contribution is -2.46. The molecule has 1 fully saturated rings. The average molecular weight is 284 g/mol. The van der Waals surface area contributed by atoms with Gasteiger partial charge >= 0.3 is 12.0 Å². The van der Waals surface area contributed by atoms with Gasteiger partial charge in [-0.25, -0.2) is 9.59 Å². The molecule has 9 nitrogen and oxygen atoms in total. The quantitative estimate of drug-likeness (QED) is 0.656. The molecule has 2 heterocycles. The zero-order chi connectivity index (χ0) is 14.7. The van der Waals surface area contributed by atoms with Gasteiger partial charge in [0.05, 0.1) is 6.10 Å². The number of carboxylic acid groups (broad SMARTS) is 1. The summed E-state index contributed by atoms with van der Waals surface area (Å²) in [7, 11) is 0. The summed E-state index contributed by atoms with van der Waals surface area (Å²) in [6.07, 6.45) is -0.369. The molecule has 1 aliphatic rings. The number of aliphatic hydroxyl groups is 1. The molecule has 2 amide bonds. The highest BCUT2D eigenvalue weighted by molar-refractivity contribution is 5.83. The Bertz CT molecular complexity index is 503. The number of carbonyl (C=O) groups excluding carboxylic acids is 1. The normalized spacial score (nSPS) is 22.0. The lowest BCUT2D eigenvalue weighted by molar-refractivity contribution is -0.141. The summed E-state index contributed by atoms with van der Waals surface area (Å²) in [4.78, 5) is 28.0. The fourth-order valence-electron chi connectivity index (χ4n) is 2.10. The summed E-state index contributed by atoms with van der Waals surface area (Å²) in [5.41, 5.74) is 0. The van der Waals surface area contributed by atoms with Crippen LogP contribution in [-0.4, -0.2) is 62.5 Å². The minimum absolute atomic E-state index is 0.0180. The molecule has 1 aromatic heterocycles. The van der Waals surface area contributed by atoms with Crippen molar-refractivity contribution in [1.29, 1.82) is 0 Å². The summed E-state index contributed by atoms with van der Waals surface area (Å²) in [6, 6.07) is -1.51. The zero-order valence-corrected chi connectivity index (χ0v) is 10.9. The van der Waals surface area contributed by atoms with Gasteiger partial charge in [-0.3, -0.25) is 0 Å². The second kappa shape index (κ2) is 5.87. The number of aromatic nitrogens is 2. The van der Waals surface area contributed by atoms with Gasteiger partial charge < -0.3 is 25.0 Å². The summed E-state index contributed by atoms with van der Waals surface area (Å²) in [5, 5.41) is 24.7. The molecular weight excluding hydrogens is 268 g/mol. The van der Waals surface area contributed by atoms with E-state index in [-0.39, 0.29) is 19.5 Å². The maximum Gasteiger partial charge on any atom is 0.326 e. The third kappa shape index (κ3) is 3.23. The number of rotatable bonds is 4. The number of carboxylic acids is 1. The Morgan fingerprint density at radius 2 is 2.30 bits per heavy atom. The van der Waals surface area contributed by atoms with Crippen LogP contribution in [0.15, 0.2) is 4.52 Å². The van der Waals surface area contributed by atoms with E-state index in [0.29, 0.717) is 18.1 Å².